The van der Waals surface area contributed by atoms with E-state index in [0.717, 1.165) is 25.9 Å². The second kappa shape index (κ2) is 5.88. The van der Waals surface area contributed by atoms with Crippen LogP contribution >= 0.6 is 0 Å². The first-order valence-corrected chi connectivity index (χ1v) is 7.41. The summed E-state index contributed by atoms with van der Waals surface area (Å²) in [5.41, 5.74) is 1.06. The molecule has 21 heavy (non-hydrogen) atoms. The third kappa shape index (κ3) is 3.63. The SMILES string of the molecule is CC(C)(C)C1CCN(C(=O)c2ccc(C(=O)O)cc2)CC1. The van der Waals surface area contributed by atoms with Crippen LogP contribution in [0.2, 0.25) is 0 Å². The fourth-order valence-corrected chi connectivity index (χ4v) is 2.89. The molecule has 4 nitrogen and oxygen atoms in total. The number of hydrogen-bond donors (Lipinski definition) is 1. The number of carboxylic acid groups (broad SMARTS) is 1. The van der Waals surface area contributed by atoms with Crippen molar-refractivity contribution < 1.29 is 14.7 Å². The number of likely N-dealkylation sites (tertiary alicyclic amines) is 1. The molecule has 1 saturated heterocycles. The second-order valence-electron chi connectivity index (χ2n) is 6.82. The number of carbonyl (C=O) groups excluding carboxylic acids is 1. The van der Waals surface area contributed by atoms with Crippen LogP contribution in [-0.2, 0) is 0 Å². The summed E-state index contributed by atoms with van der Waals surface area (Å²) in [5.74, 6) is -0.324. The van der Waals surface area contributed by atoms with E-state index in [4.69, 9.17) is 5.11 Å². The van der Waals surface area contributed by atoms with Gasteiger partial charge in [-0.05, 0) is 48.4 Å². The lowest BCUT2D eigenvalue weighted by molar-refractivity contribution is 0.0607. The van der Waals surface area contributed by atoms with Gasteiger partial charge in [-0.2, -0.15) is 0 Å². The molecule has 1 heterocycles. The van der Waals surface area contributed by atoms with Crippen molar-refractivity contribution in [2.45, 2.75) is 33.6 Å². The van der Waals surface area contributed by atoms with Gasteiger partial charge in [0.25, 0.3) is 5.91 Å². The quantitative estimate of drug-likeness (QED) is 0.909. The van der Waals surface area contributed by atoms with Gasteiger partial charge in [-0.25, -0.2) is 4.79 Å². The maximum absolute atomic E-state index is 12.4. The molecule has 1 amide bonds. The highest BCUT2D eigenvalue weighted by molar-refractivity contribution is 5.95. The molecule has 1 aromatic rings. The van der Waals surface area contributed by atoms with Gasteiger partial charge in [0, 0.05) is 18.7 Å². The second-order valence-corrected chi connectivity index (χ2v) is 6.82. The lowest BCUT2D eigenvalue weighted by Gasteiger charge is -2.38. The summed E-state index contributed by atoms with van der Waals surface area (Å²) in [6.45, 7) is 8.31. The molecular weight excluding hydrogens is 266 g/mol. The van der Waals surface area contributed by atoms with Crippen molar-refractivity contribution >= 4 is 11.9 Å². The van der Waals surface area contributed by atoms with E-state index in [1.165, 1.54) is 12.1 Å². The Hall–Kier alpha value is -1.84. The van der Waals surface area contributed by atoms with Gasteiger partial charge in [0.2, 0.25) is 0 Å². The van der Waals surface area contributed by atoms with Gasteiger partial charge >= 0.3 is 5.97 Å². The summed E-state index contributed by atoms with van der Waals surface area (Å²) in [7, 11) is 0. The van der Waals surface area contributed by atoms with E-state index in [1.807, 2.05) is 4.90 Å². The lowest BCUT2D eigenvalue weighted by atomic mass is 9.75. The lowest BCUT2D eigenvalue weighted by Crippen LogP contribution is -2.41. The van der Waals surface area contributed by atoms with E-state index in [-0.39, 0.29) is 16.9 Å². The average Bonchev–Trinajstić information content (AvgIpc) is 2.46. The fourth-order valence-electron chi connectivity index (χ4n) is 2.89. The van der Waals surface area contributed by atoms with Crippen LogP contribution in [0.25, 0.3) is 0 Å². The summed E-state index contributed by atoms with van der Waals surface area (Å²) in [5, 5.41) is 8.87. The number of carboxylic acids is 1. The van der Waals surface area contributed by atoms with E-state index in [2.05, 4.69) is 20.8 Å². The Kier molecular flexibility index (Phi) is 4.35. The van der Waals surface area contributed by atoms with Crippen LogP contribution in [0, 0.1) is 11.3 Å². The van der Waals surface area contributed by atoms with E-state index in [9.17, 15) is 9.59 Å². The van der Waals surface area contributed by atoms with E-state index >= 15 is 0 Å². The van der Waals surface area contributed by atoms with Crippen molar-refractivity contribution in [3.8, 4) is 0 Å². The first-order valence-electron chi connectivity index (χ1n) is 7.41. The number of carbonyl (C=O) groups is 2. The van der Waals surface area contributed by atoms with E-state index in [0.29, 0.717) is 11.5 Å². The predicted octanol–water partition coefficient (Wildman–Crippen LogP) is 3.28. The molecule has 0 bridgehead atoms. The zero-order valence-corrected chi connectivity index (χ0v) is 12.9. The zero-order chi connectivity index (χ0) is 15.6. The minimum absolute atomic E-state index is 0.000650. The molecule has 2 rings (SSSR count). The Morgan fingerprint density at radius 2 is 1.52 bits per heavy atom. The van der Waals surface area contributed by atoms with Crippen molar-refractivity contribution in [1.29, 1.82) is 0 Å². The Bertz CT molecular complexity index is 520. The van der Waals surface area contributed by atoms with Crippen molar-refractivity contribution in [3.63, 3.8) is 0 Å². The normalized spacial score (nSPS) is 16.8. The maximum Gasteiger partial charge on any atom is 0.335 e. The monoisotopic (exact) mass is 289 g/mol. The molecule has 114 valence electrons. The number of hydrogen-bond acceptors (Lipinski definition) is 2. The molecular formula is C17H23NO3. The third-order valence-electron chi connectivity index (χ3n) is 4.39. The predicted molar refractivity (Wildman–Crippen MR) is 81.5 cm³/mol. The molecule has 0 radical (unpaired) electrons. The van der Waals surface area contributed by atoms with Crippen molar-refractivity contribution in [1.82, 2.24) is 4.90 Å². The van der Waals surface area contributed by atoms with Crippen LogP contribution in [0.3, 0.4) is 0 Å². The van der Waals surface area contributed by atoms with Crippen molar-refractivity contribution in [3.05, 3.63) is 35.4 Å². The number of piperidine rings is 1. The molecule has 0 saturated carbocycles. The molecule has 0 aliphatic carbocycles. The Morgan fingerprint density at radius 1 is 1.05 bits per heavy atom. The molecule has 0 unspecified atom stereocenters. The number of rotatable bonds is 2. The molecule has 1 N–H and O–H groups in total. The first kappa shape index (κ1) is 15.5. The number of aromatic carboxylic acids is 1. The molecule has 0 spiro atoms. The minimum Gasteiger partial charge on any atom is -0.478 e. The summed E-state index contributed by atoms with van der Waals surface area (Å²) >= 11 is 0. The van der Waals surface area contributed by atoms with Crippen LogP contribution in [0.15, 0.2) is 24.3 Å². The Labute approximate surface area is 125 Å². The van der Waals surface area contributed by atoms with Crippen molar-refractivity contribution in [2.24, 2.45) is 11.3 Å². The average molecular weight is 289 g/mol. The highest BCUT2D eigenvalue weighted by atomic mass is 16.4. The molecule has 4 heteroatoms. The van der Waals surface area contributed by atoms with Crippen LogP contribution < -0.4 is 0 Å². The van der Waals surface area contributed by atoms with Crippen LogP contribution in [0.4, 0.5) is 0 Å². The van der Waals surface area contributed by atoms with Gasteiger partial charge in [0.15, 0.2) is 0 Å². The van der Waals surface area contributed by atoms with Gasteiger partial charge in [-0.3, -0.25) is 4.79 Å². The van der Waals surface area contributed by atoms with Gasteiger partial charge < -0.3 is 10.0 Å². The Morgan fingerprint density at radius 3 is 1.95 bits per heavy atom. The van der Waals surface area contributed by atoms with Crippen LogP contribution in [-0.4, -0.2) is 35.0 Å². The summed E-state index contributed by atoms with van der Waals surface area (Å²) in [6.07, 6.45) is 2.06. The van der Waals surface area contributed by atoms with Gasteiger partial charge in [0.1, 0.15) is 0 Å². The van der Waals surface area contributed by atoms with Gasteiger partial charge in [-0.1, -0.05) is 20.8 Å². The fraction of sp³-hybridized carbons (Fsp3) is 0.529. The van der Waals surface area contributed by atoms with Gasteiger partial charge in [-0.15, -0.1) is 0 Å². The van der Waals surface area contributed by atoms with Gasteiger partial charge in [0.05, 0.1) is 5.56 Å². The highest BCUT2D eigenvalue weighted by Gasteiger charge is 2.30. The van der Waals surface area contributed by atoms with Crippen LogP contribution in [0.1, 0.15) is 54.3 Å². The number of benzene rings is 1. The number of amides is 1. The number of nitrogens with zero attached hydrogens (tertiary/aromatic N) is 1. The van der Waals surface area contributed by atoms with E-state index in [1.54, 1.807) is 12.1 Å². The minimum atomic E-state index is -0.972. The molecule has 1 aromatic carbocycles. The molecule has 0 atom stereocenters. The third-order valence-corrected chi connectivity index (χ3v) is 4.39. The smallest absolute Gasteiger partial charge is 0.335 e. The molecule has 1 fully saturated rings. The summed E-state index contributed by atoms with van der Waals surface area (Å²) in [6, 6.07) is 6.16. The topological polar surface area (TPSA) is 57.6 Å². The Balaban J connectivity index is 2.00. The van der Waals surface area contributed by atoms with Crippen LogP contribution in [0.5, 0.6) is 0 Å². The zero-order valence-electron chi connectivity index (χ0n) is 12.9. The first-order chi connectivity index (χ1) is 9.79. The molecule has 1 aliphatic heterocycles. The molecule has 1 aliphatic rings. The highest BCUT2D eigenvalue weighted by Crippen LogP contribution is 2.34. The largest absolute Gasteiger partial charge is 0.478 e. The standard InChI is InChI=1S/C17H23NO3/c1-17(2,3)14-8-10-18(11-9-14)15(19)12-4-6-13(7-5-12)16(20)21/h4-7,14H,8-11H2,1-3H3,(H,20,21). The van der Waals surface area contributed by atoms with E-state index < -0.39 is 5.97 Å². The summed E-state index contributed by atoms with van der Waals surface area (Å²) < 4.78 is 0. The maximum atomic E-state index is 12.4. The van der Waals surface area contributed by atoms with Crippen molar-refractivity contribution in [2.75, 3.05) is 13.1 Å². The summed E-state index contributed by atoms with van der Waals surface area (Å²) in [4.78, 5) is 25.1. The molecule has 0 aromatic heterocycles.